The topological polar surface area (TPSA) is 49.4 Å². The number of amides is 2. The number of hydrogen-bond donors (Lipinski definition) is 1. The smallest absolute Gasteiger partial charge is 0.243 e. The van der Waals surface area contributed by atoms with E-state index in [2.05, 4.69) is 5.32 Å². The second-order valence-electron chi connectivity index (χ2n) is 7.16. The molecule has 0 aromatic heterocycles. The number of carbonyl (C=O) groups excluding carboxylic acids is 2. The molecule has 4 rings (SSSR count). The Kier molecular flexibility index (Phi) is 3.64. The van der Waals surface area contributed by atoms with Gasteiger partial charge in [-0.05, 0) is 50.4 Å². The summed E-state index contributed by atoms with van der Waals surface area (Å²) in [6.07, 6.45) is 8.27. The first-order chi connectivity index (χ1) is 10.2. The van der Waals surface area contributed by atoms with E-state index in [-0.39, 0.29) is 23.8 Å². The molecular formula is C16H24N2O2S. The molecule has 0 radical (unpaired) electrons. The maximum absolute atomic E-state index is 12.6. The predicted octanol–water partition coefficient (Wildman–Crippen LogP) is 1.99. The van der Waals surface area contributed by atoms with Crippen LogP contribution in [0.4, 0.5) is 0 Å². The van der Waals surface area contributed by atoms with Gasteiger partial charge in [-0.1, -0.05) is 6.42 Å². The van der Waals surface area contributed by atoms with Gasteiger partial charge in [-0.15, -0.1) is 11.8 Å². The van der Waals surface area contributed by atoms with Gasteiger partial charge in [-0.25, -0.2) is 0 Å². The Bertz CT molecular complexity index is 432. The van der Waals surface area contributed by atoms with E-state index in [1.807, 2.05) is 4.90 Å². The fraction of sp³-hybridized carbons (Fsp3) is 0.875. The molecule has 21 heavy (non-hydrogen) atoms. The van der Waals surface area contributed by atoms with Gasteiger partial charge < -0.3 is 10.2 Å². The zero-order chi connectivity index (χ0) is 14.4. The van der Waals surface area contributed by atoms with Crippen LogP contribution in [0.3, 0.4) is 0 Å². The summed E-state index contributed by atoms with van der Waals surface area (Å²) in [6, 6.07) is 0.173. The minimum atomic E-state index is -0.219. The Morgan fingerprint density at radius 3 is 2.24 bits per heavy atom. The van der Waals surface area contributed by atoms with Crippen molar-refractivity contribution in [2.24, 2.45) is 17.8 Å². The van der Waals surface area contributed by atoms with Crippen LogP contribution in [0.25, 0.3) is 0 Å². The van der Waals surface area contributed by atoms with Crippen LogP contribution >= 0.6 is 11.8 Å². The predicted molar refractivity (Wildman–Crippen MR) is 82.7 cm³/mol. The van der Waals surface area contributed by atoms with Gasteiger partial charge in [0.15, 0.2) is 0 Å². The molecule has 1 saturated heterocycles. The zero-order valence-corrected chi connectivity index (χ0v) is 13.2. The maximum atomic E-state index is 12.6. The third kappa shape index (κ3) is 2.81. The summed E-state index contributed by atoms with van der Waals surface area (Å²) >= 11 is 1.72. The van der Waals surface area contributed by atoms with Gasteiger partial charge in [-0.3, -0.25) is 9.59 Å². The molecule has 4 nitrogen and oxygen atoms in total. The second-order valence-corrected chi connectivity index (χ2v) is 8.16. The maximum Gasteiger partial charge on any atom is 0.243 e. The average Bonchev–Trinajstić information content (AvgIpc) is 3.32. The van der Waals surface area contributed by atoms with E-state index in [0.717, 1.165) is 18.6 Å². The quantitative estimate of drug-likeness (QED) is 0.845. The van der Waals surface area contributed by atoms with Crippen molar-refractivity contribution in [3.63, 3.8) is 0 Å². The summed E-state index contributed by atoms with van der Waals surface area (Å²) in [5, 5.41) is 3.30. The van der Waals surface area contributed by atoms with Crippen LogP contribution < -0.4 is 5.32 Å². The second kappa shape index (κ2) is 5.49. The molecule has 5 heteroatoms. The first-order valence-electron chi connectivity index (χ1n) is 8.42. The third-order valence-electron chi connectivity index (χ3n) is 5.49. The van der Waals surface area contributed by atoms with Gasteiger partial charge in [0, 0.05) is 17.7 Å². The van der Waals surface area contributed by atoms with E-state index in [9.17, 15) is 9.59 Å². The SMILES string of the molecule is O=C(NC(C1CC1)C1CC1)[C@H]1CSCN1C(=O)C1CCC1. The number of thioether (sulfide) groups is 1. The molecule has 1 aliphatic heterocycles. The van der Waals surface area contributed by atoms with Gasteiger partial charge in [-0.2, -0.15) is 0 Å². The van der Waals surface area contributed by atoms with Crippen LogP contribution in [-0.2, 0) is 9.59 Å². The molecule has 0 bridgehead atoms. The zero-order valence-electron chi connectivity index (χ0n) is 12.4. The lowest BCUT2D eigenvalue weighted by atomic mass is 9.84. The minimum Gasteiger partial charge on any atom is -0.351 e. The van der Waals surface area contributed by atoms with Crippen LogP contribution in [0.5, 0.6) is 0 Å². The van der Waals surface area contributed by atoms with Gasteiger partial charge in [0.2, 0.25) is 11.8 Å². The number of hydrogen-bond acceptors (Lipinski definition) is 3. The van der Waals surface area contributed by atoms with Crippen molar-refractivity contribution in [1.82, 2.24) is 10.2 Å². The largest absolute Gasteiger partial charge is 0.351 e. The van der Waals surface area contributed by atoms with E-state index in [1.165, 1.54) is 32.1 Å². The fourth-order valence-electron chi connectivity index (χ4n) is 3.56. The summed E-state index contributed by atoms with van der Waals surface area (Å²) in [5.41, 5.74) is 0. The summed E-state index contributed by atoms with van der Waals surface area (Å²) in [6.45, 7) is 0. The van der Waals surface area contributed by atoms with Gasteiger partial charge in [0.1, 0.15) is 6.04 Å². The molecule has 2 amide bonds. The Morgan fingerprint density at radius 1 is 1.05 bits per heavy atom. The van der Waals surface area contributed by atoms with Crippen LogP contribution in [0.1, 0.15) is 44.9 Å². The highest BCUT2D eigenvalue weighted by atomic mass is 32.2. The fourth-order valence-corrected chi connectivity index (χ4v) is 4.72. The first-order valence-corrected chi connectivity index (χ1v) is 9.58. The molecule has 0 spiro atoms. The molecule has 4 fully saturated rings. The van der Waals surface area contributed by atoms with E-state index < -0.39 is 0 Å². The number of nitrogens with zero attached hydrogens (tertiary/aromatic N) is 1. The van der Waals surface area contributed by atoms with Crippen molar-refractivity contribution in [3.05, 3.63) is 0 Å². The molecule has 0 aromatic rings. The molecule has 3 aliphatic carbocycles. The summed E-state index contributed by atoms with van der Waals surface area (Å²) in [7, 11) is 0. The van der Waals surface area contributed by atoms with Crippen molar-refractivity contribution >= 4 is 23.6 Å². The molecule has 1 heterocycles. The van der Waals surface area contributed by atoms with E-state index >= 15 is 0 Å². The van der Waals surface area contributed by atoms with E-state index in [1.54, 1.807) is 11.8 Å². The number of rotatable bonds is 5. The lowest BCUT2D eigenvalue weighted by molar-refractivity contribution is -0.143. The molecule has 0 aromatic carbocycles. The lowest BCUT2D eigenvalue weighted by Crippen LogP contribution is -2.52. The summed E-state index contributed by atoms with van der Waals surface area (Å²) in [4.78, 5) is 26.9. The van der Waals surface area contributed by atoms with Crippen molar-refractivity contribution in [3.8, 4) is 0 Å². The Labute approximate surface area is 130 Å². The highest BCUT2D eigenvalue weighted by Crippen LogP contribution is 2.44. The summed E-state index contributed by atoms with van der Waals surface area (Å²) < 4.78 is 0. The minimum absolute atomic E-state index is 0.108. The average molecular weight is 308 g/mol. The van der Waals surface area contributed by atoms with Gasteiger partial charge >= 0.3 is 0 Å². The van der Waals surface area contributed by atoms with Crippen molar-refractivity contribution in [2.75, 3.05) is 11.6 Å². The third-order valence-corrected chi connectivity index (χ3v) is 6.50. The van der Waals surface area contributed by atoms with Crippen LogP contribution in [0.2, 0.25) is 0 Å². The highest BCUT2D eigenvalue weighted by Gasteiger charge is 2.45. The number of nitrogens with one attached hydrogen (secondary N) is 1. The molecule has 4 aliphatic rings. The molecule has 3 saturated carbocycles. The lowest BCUT2D eigenvalue weighted by Gasteiger charge is -2.32. The molecular weight excluding hydrogens is 284 g/mol. The monoisotopic (exact) mass is 308 g/mol. The van der Waals surface area contributed by atoms with Gasteiger partial charge in [0.25, 0.3) is 0 Å². The van der Waals surface area contributed by atoms with Crippen LogP contribution in [0, 0.1) is 17.8 Å². The van der Waals surface area contributed by atoms with Crippen LogP contribution in [-0.4, -0.2) is 40.4 Å². The molecule has 0 unspecified atom stereocenters. The Hall–Kier alpha value is -0.710. The van der Waals surface area contributed by atoms with Crippen molar-refractivity contribution in [1.29, 1.82) is 0 Å². The standard InChI is InChI=1S/C16H24N2O2S/c19-15(17-14(10-4-5-10)11-6-7-11)13-8-21-9-18(13)16(20)12-2-1-3-12/h10-14H,1-9H2,(H,17,19)/t13-/m1/s1. The van der Waals surface area contributed by atoms with Gasteiger partial charge in [0.05, 0.1) is 5.88 Å². The first kappa shape index (κ1) is 13.9. The summed E-state index contributed by atoms with van der Waals surface area (Å²) in [5.74, 6) is 3.42. The normalized spacial score (nSPS) is 29.6. The number of carbonyl (C=O) groups is 2. The van der Waals surface area contributed by atoms with Crippen molar-refractivity contribution < 1.29 is 9.59 Å². The van der Waals surface area contributed by atoms with E-state index in [0.29, 0.717) is 23.8 Å². The Balaban J connectivity index is 1.38. The van der Waals surface area contributed by atoms with E-state index in [4.69, 9.17) is 0 Å². The van der Waals surface area contributed by atoms with Crippen molar-refractivity contribution in [2.45, 2.75) is 57.0 Å². The highest BCUT2D eigenvalue weighted by molar-refractivity contribution is 7.99. The molecule has 1 atom stereocenters. The van der Waals surface area contributed by atoms with Crippen LogP contribution in [0.15, 0.2) is 0 Å². The molecule has 116 valence electrons. The Morgan fingerprint density at radius 2 is 1.71 bits per heavy atom. The molecule has 1 N–H and O–H groups in total.